The highest BCUT2D eigenvalue weighted by Gasteiger charge is 2.32. The Kier molecular flexibility index (Phi) is 3.02. The van der Waals surface area contributed by atoms with Crippen LogP contribution in [0.25, 0.3) is 5.57 Å². The molecule has 0 amide bonds. The molecule has 19 heavy (non-hydrogen) atoms. The maximum absolute atomic E-state index is 11.9. The number of rotatable bonds is 3. The lowest BCUT2D eigenvalue weighted by atomic mass is 10.0. The van der Waals surface area contributed by atoms with Gasteiger partial charge in [0.2, 0.25) is 9.84 Å². The van der Waals surface area contributed by atoms with Crippen LogP contribution in [0.2, 0.25) is 0 Å². The van der Waals surface area contributed by atoms with Crippen molar-refractivity contribution < 1.29 is 26.7 Å². The molecule has 0 saturated carbocycles. The number of carboxylic acids is 1. The number of benzene rings is 1. The molecular weight excluding hydrogens is 292 g/mol. The molecule has 8 heteroatoms. The van der Waals surface area contributed by atoms with Gasteiger partial charge in [-0.2, -0.15) is 0 Å². The van der Waals surface area contributed by atoms with Crippen LogP contribution in [-0.4, -0.2) is 39.9 Å². The third kappa shape index (κ3) is 2.54. The molecule has 1 heterocycles. The van der Waals surface area contributed by atoms with Crippen molar-refractivity contribution in [3.8, 4) is 0 Å². The second-order valence-corrected chi connectivity index (χ2v) is 8.15. The van der Waals surface area contributed by atoms with Crippen molar-refractivity contribution in [1.29, 1.82) is 0 Å². The highest BCUT2D eigenvalue weighted by atomic mass is 32.2. The predicted octanol–water partition coefficient (Wildman–Crippen LogP) is 0.558. The summed E-state index contributed by atoms with van der Waals surface area (Å²) in [7, 11) is -7.24. The molecule has 6 nitrogen and oxygen atoms in total. The zero-order valence-electron chi connectivity index (χ0n) is 9.82. The summed E-state index contributed by atoms with van der Waals surface area (Å²) in [6.45, 7) is 0. The van der Waals surface area contributed by atoms with Crippen LogP contribution in [-0.2, 0) is 19.7 Å². The summed E-state index contributed by atoms with van der Waals surface area (Å²) in [6.07, 6.45) is 0.960. The molecule has 1 aromatic rings. The fourth-order valence-electron chi connectivity index (χ4n) is 1.98. The molecule has 0 atom stereocenters. The van der Waals surface area contributed by atoms with Crippen LogP contribution in [0.15, 0.2) is 28.5 Å². The predicted molar refractivity (Wildman–Crippen MR) is 68.3 cm³/mol. The fourth-order valence-corrected chi connectivity index (χ4v) is 4.37. The maximum Gasteiger partial charge on any atom is 0.336 e. The second-order valence-electron chi connectivity index (χ2n) is 4.24. The van der Waals surface area contributed by atoms with E-state index in [4.69, 9.17) is 5.11 Å². The van der Waals surface area contributed by atoms with Gasteiger partial charge in [0, 0.05) is 17.2 Å². The molecule has 0 bridgehead atoms. The lowest BCUT2D eigenvalue weighted by Gasteiger charge is -2.07. The molecule has 0 unspecified atom stereocenters. The minimum atomic E-state index is -3.77. The molecule has 1 aliphatic rings. The molecule has 2 rings (SSSR count). The van der Waals surface area contributed by atoms with Gasteiger partial charge in [0.15, 0.2) is 9.84 Å². The molecule has 0 spiro atoms. The van der Waals surface area contributed by atoms with Crippen LogP contribution in [0.3, 0.4) is 0 Å². The van der Waals surface area contributed by atoms with Gasteiger partial charge in [-0.3, -0.25) is 0 Å². The highest BCUT2D eigenvalue weighted by molar-refractivity contribution is 7.95. The number of aromatic carboxylic acids is 1. The van der Waals surface area contributed by atoms with Crippen molar-refractivity contribution in [3.63, 3.8) is 0 Å². The Bertz CT molecular complexity index is 800. The van der Waals surface area contributed by atoms with Crippen molar-refractivity contribution >= 4 is 31.2 Å². The number of carboxylic acid groups (broad SMARTS) is 1. The Morgan fingerprint density at radius 3 is 2.47 bits per heavy atom. The molecule has 0 radical (unpaired) electrons. The smallest absolute Gasteiger partial charge is 0.336 e. The van der Waals surface area contributed by atoms with E-state index in [1.165, 1.54) is 18.2 Å². The van der Waals surface area contributed by atoms with Crippen molar-refractivity contribution in [3.05, 3.63) is 34.7 Å². The van der Waals surface area contributed by atoms with Crippen molar-refractivity contribution in [2.75, 3.05) is 12.0 Å². The summed E-state index contributed by atoms with van der Waals surface area (Å²) in [6, 6.07) is 3.83. The molecule has 0 aliphatic carbocycles. The normalized spacial score (nSPS) is 16.8. The Labute approximate surface area is 110 Å². The molecule has 1 aromatic carbocycles. The lowest BCUT2D eigenvalue weighted by molar-refractivity contribution is 0.0696. The molecular formula is C11H10O6S2. The van der Waals surface area contributed by atoms with E-state index < -0.39 is 31.4 Å². The van der Waals surface area contributed by atoms with Gasteiger partial charge in [0.1, 0.15) is 0 Å². The number of hydrogen-bond donors (Lipinski definition) is 1. The first kappa shape index (κ1) is 13.8. The topological polar surface area (TPSA) is 106 Å². The van der Waals surface area contributed by atoms with Crippen molar-refractivity contribution in [1.82, 2.24) is 0 Å². The molecule has 0 fully saturated rings. The minimum absolute atomic E-state index is 0.00417. The minimum Gasteiger partial charge on any atom is -0.478 e. The lowest BCUT2D eigenvalue weighted by Crippen LogP contribution is -2.08. The van der Waals surface area contributed by atoms with E-state index in [9.17, 15) is 21.6 Å². The summed E-state index contributed by atoms with van der Waals surface area (Å²) < 4.78 is 46.3. The van der Waals surface area contributed by atoms with E-state index in [1.54, 1.807) is 0 Å². The maximum atomic E-state index is 11.9. The SMILES string of the molecule is CS(=O)(=O)CC1=CS(=O)(=O)c2cccc(C(=O)O)c21. The van der Waals surface area contributed by atoms with Crippen LogP contribution in [0.1, 0.15) is 15.9 Å². The van der Waals surface area contributed by atoms with E-state index >= 15 is 0 Å². The summed E-state index contributed by atoms with van der Waals surface area (Å²) in [5, 5.41) is 9.89. The zero-order valence-corrected chi connectivity index (χ0v) is 11.5. The third-order valence-electron chi connectivity index (χ3n) is 2.60. The van der Waals surface area contributed by atoms with Crippen LogP contribution in [0.5, 0.6) is 0 Å². The number of sulfone groups is 2. The van der Waals surface area contributed by atoms with Crippen LogP contribution in [0, 0.1) is 0 Å². The largest absolute Gasteiger partial charge is 0.478 e. The van der Waals surface area contributed by atoms with Gasteiger partial charge in [-0.25, -0.2) is 21.6 Å². The van der Waals surface area contributed by atoms with Gasteiger partial charge in [0.05, 0.1) is 16.2 Å². The molecule has 102 valence electrons. The molecule has 1 N–H and O–H groups in total. The van der Waals surface area contributed by atoms with Gasteiger partial charge in [-0.15, -0.1) is 0 Å². The number of fused-ring (bicyclic) bond motifs is 1. The number of carbonyl (C=O) groups is 1. The van der Waals surface area contributed by atoms with Gasteiger partial charge in [-0.1, -0.05) is 6.07 Å². The Morgan fingerprint density at radius 1 is 1.32 bits per heavy atom. The quantitative estimate of drug-likeness (QED) is 0.874. The molecule has 0 saturated heterocycles. The third-order valence-corrected chi connectivity index (χ3v) is 4.98. The van der Waals surface area contributed by atoms with Gasteiger partial charge >= 0.3 is 5.97 Å². The average Bonchev–Trinajstić information content (AvgIpc) is 2.48. The van der Waals surface area contributed by atoms with Crippen LogP contribution in [0.4, 0.5) is 0 Å². The van der Waals surface area contributed by atoms with Crippen molar-refractivity contribution in [2.45, 2.75) is 4.90 Å². The fraction of sp³-hybridized carbons (Fsp3) is 0.182. The average molecular weight is 302 g/mol. The first-order chi connectivity index (χ1) is 8.62. The van der Waals surface area contributed by atoms with E-state index in [0.717, 1.165) is 11.7 Å². The van der Waals surface area contributed by atoms with E-state index in [2.05, 4.69) is 0 Å². The van der Waals surface area contributed by atoms with Crippen LogP contribution >= 0.6 is 0 Å². The summed E-state index contributed by atoms with van der Waals surface area (Å²) >= 11 is 0. The molecule has 0 aromatic heterocycles. The first-order valence-electron chi connectivity index (χ1n) is 5.12. The monoisotopic (exact) mass is 302 g/mol. The van der Waals surface area contributed by atoms with Gasteiger partial charge < -0.3 is 5.11 Å². The standard InChI is InChI=1S/C11H10O6S2/c1-18(14,15)5-7-6-19(16,17)9-4-2-3-8(10(7)9)11(12)13/h2-4,6H,5H2,1H3,(H,12,13). The van der Waals surface area contributed by atoms with Gasteiger partial charge in [-0.05, 0) is 17.7 Å². The zero-order chi connectivity index (χ0) is 14.4. The Morgan fingerprint density at radius 2 is 1.95 bits per heavy atom. The van der Waals surface area contributed by atoms with Gasteiger partial charge in [0.25, 0.3) is 0 Å². The van der Waals surface area contributed by atoms with Crippen LogP contribution < -0.4 is 0 Å². The number of hydrogen-bond acceptors (Lipinski definition) is 5. The summed E-state index contributed by atoms with van der Waals surface area (Å²) in [5.74, 6) is -1.81. The summed E-state index contributed by atoms with van der Waals surface area (Å²) in [5.41, 5.74) is -0.246. The van der Waals surface area contributed by atoms with Crippen molar-refractivity contribution in [2.24, 2.45) is 0 Å². The summed E-state index contributed by atoms with van der Waals surface area (Å²) in [4.78, 5) is 11.0. The molecule has 1 aliphatic heterocycles. The van der Waals surface area contributed by atoms with E-state index in [0.29, 0.717) is 0 Å². The van der Waals surface area contributed by atoms with E-state index in [-0.39, 0.29) is 21.6 Å². The second kappa shape index (κ2) is 4.17. The Balaban J connectivity index is 2.75. The first-order valence-corrected chi connectivity index (χ1v) is 8.72. The Hall–Kier alpha value is -1.67. The van der Waals surface area contributed by atoms with E-state index in [1.807, 2.05) is 0 Å². The highest BCUT2D eigenvalue weighted by Crippen LogP contribution is 2.36.